The summed E-state index contributed by atoms with van der Waals surface area (Å²) >= 11 is 0. The number of rotatable bonds is 4. The summed E-state index contributed by atoms with van der Waals surface area (Å²) in [6, 6.07) is 5.50. The number of aromatic nitrogens is 3. The number of nitrogens with one attached hydrogen (secondary N) is 1. The molecule has 2 aromatic heterocycles. The lowest BCUT2D eigenvalue weighted by molar-refractivity contribution is -0.122. The van der Waals surface area contributed by atoms with Crippen LogP contribution in [0.25, 0.3) is 5.65 Å². The van der Waals surface area contributed by atoms with Gasteiger partial charge in [-0.2, -0.15) is 0 Å². The molecule has 2 heterocycles. The molecule has 0 aliphatic carbocycles. The van der Waals surface area contributed by atoms with E-state index in [1.807, 2.05) is 49.6 Å². The van der Waals surface area contributed by atoms with Crippen molar-refractivity contribution in [3.8, 4) is 0 Å². The molecule has 2 rings (SSSR count). The summed E-state index contributed by atoms with van der Waals surface area (Å²) in [5.74, 6) is 0.637. The van der Waals surface area contributed by atoms with Crippen molar-refractivity contribution in [1.82, 2.24) is 19.9 Å². The van der Waals surface area contributed by atoms with Crippen LogP contribution >= 0.6 is 0 Å². The molecule has 2 aromatic rings. The Morgan fingerprint density at radius 2 is 2.15 bits per heavy atom. The van der Waals surface area contributed by atoms with Crippen LogP contribution in [0, 0.1) is 5.41 Å². The second kappa shape index (κ2) is 5.58. The van der Waals surface area contributed by atoms with E-state index in [2.05, 4.69) is 15.5 Å². The van der Waals surface area contributed by atoms with E-state index in [1.165, 1.54) is 0 Å². The summed E-state index contributed by atoms with van der Waals surface area (Å²) < 4.78 is 1.85. The van der Waals surface area contributed by atoms with Crippen LogP contribution in [-0.2, 0) is 11.3 Å². The second-order valence-electron chi connectivity index (χ2n) is 6.00. The molecular weight excluding hydrogens is 254 g/mol. The van der Waals surface area contributed by atoms with E-state index < -0.39 is 0 Å². The van der Waals surface area contributed by atoms with Crippen LogP contribution < -0.4 is 11.1 Å². The van der Waals surface area contributed by atoms with Crippen molar-refractivity contribution in [3.63, 3.8) is 0 Å². The summed E-state index contributed by atoms with van der Waals surface area (Å²) in [6.45, 7) is 6.42. The van der Waals surface area contributed by atoms with E-state index in [9.17, 15) is 4.79 Å². The van der Waals surface area contributed by atoms with E-state index in [-0.39, 0.29) is 17.4 Å². The SMILES string of the molecule is CC(C)(C)C(N)CC(=O)NCc1nnc2ccccn12. The minimum Gasteiger partial charge on any atom is -0.349 e. The van der Waals surface area contributed by atoms with E-state index in [4.69, 9.17) is 5.73 Å². The number of nitrogens with two attached hydrogens (primary N) is 1. The predicted molar refractivity (Wildman–Crippen MR) is 76.9 cm³/mol. The minimum atomic E-state index is -0.169. The maximum atomic E-state index is 11.9. The standard InChI is InChI=1S/C14H21N5O/c1-14(2,3)10(15)8-13(20)16-9-12-18-17-11-6-4-5-7-19(11)12/h4-7,10H,8-9,15H2,1-3H3,(H,16,20). The van der Waals surface area contributed by atoms with Gasteiger partial charge in [0.15, 0.2) is 11.5 Å². The largest absolute Gasteiger partial charge is 0.349 e. The zero-order valence-electron chi connectivity index (χ0n) is 12.1. The Morgan fingerprint density at radius 1 is 1.40 bits per heavy atom. The Bertz CT molecular complexity index is 599. The Kier molecular flexibility index (Phi) is 4.04. The van der Waals surface area contributed by atoms with Gasteiger partial charge in [0.25, 0.3) is 0 Å². The third-order valence-corrected chi connectivity index (χ3v) is 3.35. The summed E-state index contributed by atoms with van der Waals surface area (Å²) in [4.78, 5) is 11.9. The lowest BCUT2D eigenvalue weighted by Crippen LogP contribution is -2.40. The molecule has 1 atom stereocenters. The molecule has 20 heavy (non-hydrogen) atoms. The highest BCUT2D eigenvalue weighted by molar-refractivity contribution is 5.76. The Hall–Kier alpha value is -1.95. The molecule has 6 nitrogen and oxygen atoms in total. The third-order valence-electron chi connectivity index (χ3n) is 3.35. The molecule has 3 N–H and O–H groups in total. The van der Waals surface area contributed by atoms with Gasteiger partial charge >= 0.3 is 0 Å². The molecule has 0 aliphatic heterocycles. The van der Waals surface area contributed by atoms with E-state index in [1.54, 1.807) is 0 Å². The van der Waals surface area contributed by atoms with Crippen LogP contribution in [0.5, 0.6) is 0 Å². The molecule has 0 saturated carbocycles. The first-order valence-electron chi connectivity index (χ1n) is 6.69. The molecule has 0 radical (unpaired) electrons. The zero-order valence-corrected chi connectivity index (χ0v) is 12.1. The Balaban J connectivity index is 1.94. The van der Waals surface area contributed by atoms with E-state index >= 15 is 0 Å². The lowest BCUT2D eigenvalue weighted by Gasteiger charge is -2.26. The first-order valence-corrected chi connectivity index (χ1v) is 6.69. The number of hydrogen-bond donors (Lipinski definition) is 2. The van der Waals surface area contributed by atoms with E-state index in [0.717, 1.165) is 5.65 Å². The molecule has 0 spiro atoms. The van der Waals surface area contributed by atoms with Gasteiger partial charge in [0.1, 0.15) is 0 Å². The molecular formula is C14H21N5O. The van der Waals surface area contributed by atoms with Gasteiger partial charge in [-0.1, -0.05) is 26.8 Å². The molecule has 108 valence electrons. The quantitative estimate of drug-likeness (QED) is 0.875. The highest BCUT2D eigenvalue weighted by atomic mass is 16.1. The van der Waals surface area contributed by atoms with Crippen molar-refractivity contribution in [3.05, 3.63) is 30.2 Å². The minimum absolute atomic E-state index is 0.0693. The van der Waals surface area contributed by atoms with Crippen molar-refractivity contribution in [2.45, 2.75) is 39.8 Å². The van der Waals surface area contributed by atoms with Crippen LogP contribution in [0.15, 0.2) is 24.4 Å². The molecule has 0 saturated heterocycles. The third kappa shape index (κ3) is 3.33. The number of hydrogen-bond acceptors (Lipinski definition) is 4. The van der Waals surface area contributed by atoms with Crippen LogP contribution in [0.2, 0.25) is 0 Å². The van der Waals surface area contributed by atoms with Crippen LogP contribution in [0.3, 0.4) is 0 Å². The van der Waals surface area contributed by atoms with Crippen molar-refractivity contribution >= 4 is 11.6 Å². The van der Waals surface area contributed by atoms with Gasteiger partial charge in [-0.05, 0) is 17.5 Å². The van der Waals surface area contributed by atoms with Crippen molar-refractivity contribution < 1.29 is 4.79 Å². The highest BCUT2D eigenvalue weighted by Gasteiger charge is 2.23. The summed E-state index contributed by atoms with van der Waals surface area (Å²) in [7, 11) is 0. The monoisotopic (exact) mass is 275 g/mol. The van der Waals surface area contributed by atoms with Crippen LogP contribution in [-0.4, -0.2) is 26.5 Å². The van der Waals surface area contributed by atoms with Crippen molar-refractivity contribution in [2.24, 2.45) is 11.1 Å². The molecule has 1 amide bonds. The zero-order chi connectivity index (χ0) is 14.8. The smallest absolute Gasteiger partial charge is 0.221 e. The number of carbonyl (C=O) groups is 1. The van der Waals surface area contributed by atoms with Gasteiger partial charge in [-0.25, -0.2) is 0 Å². The molecule has 1 unspecified atom stereocenters. The van der Waals surface area contributed by atoms with Gasteiger partial charge in [0, 0.05) is 18.7 Å². The Morgan fingerprint density at radius 3 is 2.85 bits per heavy atom. The number of amides is 1. The number of nitrogens with zero attached hydrogens (tertiary/aromatic N) is 3. The predicted octanol–water partition coefficient (Wildman–Crippen LogP) is 1.11. The first kappa shape index (κ1) is 14.5. The van der Waals surface area contributed by atoms with Gasteiger partial charge in [0.05, 0.1) is 6.54 Å². The number of fused-ring (bicyclic) bond motifs is 1. The molecule has 0 aliphatic rings. The number of carbonyl (C=O) groups excluding carboxylic acids is 1. The summed E-state index contributed by atoms with van der Waals surface area (Å²) in [5, 5.41) is 10.9. The van der Waals surface area contributed by atoms with Gasteiger partial charge in [-0.3, -0.25) is 9.20 Å². The fourth-order valence-corrected chi connectivity index (χ4v) is 1.77. The van der Waals surface area contributed by atoms with Gasteiger partial charge in [0.2, 0.25) is 5.91 Å². The first-order chi connectivity index (χ1) is 9.38. The Labute approximate surface area is 118 Å². The molecule has 0 fully saturated rings. The number of pyridine rings is 1. The van der Waals surface area contributed by atoms with Crippen molar-refractivity contribution in [2.75, 3.05) is 0 Å². The fraction of sp³-hybridized carbons (Fsp3) is 0.500. The average Bonchev–Trinajstić information content (AvgIpc) is 2.78. The molecule has 6 heteroatoms. The fourth-order valence-electron chi connectivity index (χ4n) is 1.77. The maximum Gasteiger partial charge on any atom is 0.221 e. The summed E-state index contributed by atoms with van der Waals surface area (Å²) in [5.41, 5.74) is 6.68. The molecule has 0 bridgehead atoms. The van der Waals surface area contributed by atoms with E-state index in [0.29, 0.717) is 18.8 Å². The molecule has 0 aromatic carbocycles. The highest BCUT2D eigenvalue weighted by Crippen LogP contribution is 2.19. The lowest BCUT2D eigenvalue weighted by atomic mass is 9.85. The van der Waals surface area contributed by atoms with Crippen LogP contribution in [0.4, 0.5) is 0 Å². The second-order valence-corrected chi connectivity index (χ2v) is 6.00. The maximum absolute atomic E-state index is 11.9. The topological polar surface area (TPSA) is 85.3 Å². The normalized spacial score (nSPS) is 13.4. The average molecular weight is 275 g/mol. The van der Waals surface area contributed by atoms with Gasteiger partial charge in [-0.15, -0.1) is 10.2 Å². The van der Waals surface area contributed by atoms with Crippen LogP contribution in [0.1, 0.15) is 33.0 Å². The van der Waals surface area contributed by atoms with Gasteiger partial charge < -0.3 is 11.1 Å². The summed E-state index contributed by atoms with van der Waals surface area (Å²) in [6.07, 6.45) is 2.18. The van der Waals surface area contributed by atoms with Crippen molar-refractivity contribution in [1.29, 1.82) is 0 Å².